The van der Waals surface area contributed by atoms with E-state index in [1.807, 2.05) is 0 Å². The molecular weight excluding hydrogens is 278 g/mol. The molecule has 4 heteroatoms. The number of fused-ring (bicyclic) bond motifs is 2. The average molecular weight is 307 g/mol. The van der Waals surface area contributed by atoms with Crippen molar-refractivity contribution in [1.29, 1.82) is 0 Å². The number of piperidine rings is 1. The van der Waals surface area contributed by atoms with Gasteiger partial charge in [-0.15, -0.1) is 0 Å². The lowest BCUT2D eigenvalue weighted by atomic mass is 9.87. The number of ether oxygens (including phenoxy) is 2. The summed E-state index contributed by atoms with van der Waals surface area (Å²) in [4.78, 5) is 14.9. The molecule has 2 saturated heterocycles. The van der Waals surface area contributed by atoms with E-state index in [4.69, 9.17) is 9.47 Å². The first-order valence-electron chi connectivity index (χ1n) is 9.03. The molecule has 0 aromatic carbocycles. The van der Waals surface area contributed by atoms with Gasteiger partial charge in [-0.05, 0) is 31.1 Å². The van der Waals surface area contributed by atoms with Crippen LogP contribution in [0.5, 0.6) is 0 Å². The number of carbonyl (C=O) groups is 1. The number of nitrogens with zero attached hydrogens (tertiary/aromatic N) is 1. The van der Waals surface area contributed by atoms with Crippen molar-refractivity contribution in [2.24, 2.45) is 23.2 Å². The minimum absolute atomic E-state index is 0.112. The SMILES string of the molecule is CC1(C)COC2(CCN(C(=O)[C@H]3C[C@@H]4CC[C@@H]3C4)CC2)OC1. The van der Waals surface area contributed by atoms with Crippen LogP contribution < -0.4 is 0 Å². The smallest absolute Gasteiger partial charge is 0.225 e. The van der Waals surface area contributed by atoms with Crippen LogP contribution in [0.15, 0.2) is 0 Å². The molecule has 2 aliphatic heterocycles. The van der Waals surface area contributed by atoms with Gasteiger partial charge >= 0.3 is 0 Å². The molecule has 1 amide bonds. The van der Waals surface area contributed by atoms with Gasteiger partial charge in [-0.2, -0.15) is 0 Å². The maximum Gasteiger partial charge on any atom is 0.225 e. The van der Waals surface area contributed by atoms with E-state index in [2.05, 4.69) is 18.7 Å². The third-order valence-electron chi connectivity index (χ3n) is 6.34. The van der Waals surface area contributed by atoms with E-state index in [9.17, 15) is 4.79 Å². The molecular formula is C18H29NO3. The van der Waals surface area contributed by atoms with E-state index >= 15 is 0 Å². The lowest BCUT2D eigenvalue weighted by Crippen LogP contribution is -2.55. The van der Waals surface area contributed by atoms with Crippen molar-refractivity contribution >= 4 is 5.91 Å². The van der Waals surface area contributed by atoms with Crippen molar-refractivity contribution in [3.63, 3.8) is 0 Å². The molecule has 4 rings (SSSR count). The van der Waals surface area contributed by atoms with E-state index in [0.29, 0.717) is 17.7 Å². The summed E-state index contributed by atoms with van der Waals surface area (Å²) in [6.45, 7) is 7.46. The molecule has 2 saturated carbocycles. The second kappa shape index (κ2) is 5.20. The van der Waals surface area contributed by atoms with Crippen LogP contribution in [0.2, 0.25) is 0 Å². The molecule has 0 aromatic rings. The Morgan fingerprint density at radius 3 is 2.27 bits per heavy atom. The zero-order valence-electron chi connectivity index (χ0n) is 14.0. The Labute approximate surface area is 133 Å². The van der Waals surface area contributed by atoms with Gasteiger partial charge in [-0.25, -0.2) is 0 Å². The Morgan fingerprint density at radius 2 is 1.73 bits per heavy atom. The van der Waals surface area contributed by atoms with Gasteiger partial charge < -0.3 is 14.4 Å². The minimum atomic E-state index is -0.416. The molecule has 4 fully saturated rings. The van der Waals surface area contributed by atoms with Crippen LogP contribution >= 0.6 is 0 Å². The maximum absolute atomic E-state index is 12.8. The van der Waals surface area contributed by atoms with Crippen LogP contribution in [-0.2, 0) is 14.3 Å². The Morgan fingerprint density at radius 1 is 1.05 bits per heavy atom. The molecule has 4 aliphatic rings. The summed E-state index contributed by atoms with van der Waals surface area (Å²) < 4.78 is 12.1. The van der Waals surface area contributed by atoms with Gasteiger partial charge in [0.1, 0.15) is 0 Å². The molecule has 3 atom stereocenters. The highest BCUT2D eigenvalue weighted by molar-refractivity contribution is 5.79. The number of hydrogen-bond acceptors (Lipinski definition) is 3. The largest absolute Gasteiger partial charge is 0.349 e. The van der Waals surface area contributed by atoms with Gasteiger partial charge in [-0.1, -0.05) is 20.3 Å². The zero-order valence-corrected chi connectivity index (χ0v) is 14.0. The van der Waals surface area contributed by atoms with E-state index in [0.717, 1.165) is 51.5 Å². The van der Waals surface area contributed by atoms with Gasteiger partial charge in [0.15, 0.2) is 5.79 Å². The second-order valence-electron chi connectivity index (χ2n) is 8.76. The monoisotopic (exact) mass is 307 g/mol. The van der Waals surface area contributed by atoms with Gasteiger partial charge in [0.2, 0.25) is 5.91 Å². The molecule has 1 spiro atoms. The van der Waals surface area contributed by atoms with Crippen LogP contribution in [0.1, 0.15) is 52.4 Å². The number of rotatable bonds is 1. The predicted octanol–water partition coefficient (Wildman–Crippen LogP) is 2.81. The van der Waals surface area contributed by atoms with E-state index in [1.165, 1.54) is 19.3 Å². The summed E-state index contributed by atoms with van der Waals surface area (Å²) in [5.74, 6) is 1.83. The number of hydrogen-bond donors (Lipinski definition) is 0. The van der Waals surface area contributed by atoms with Crippen LogP contribution in [0.3, 0.4) is 0 Å². The topological polar surface area (TPSA) is 38.8 Å². The first-order chi connectivity index (χ1) is 10.5. The fraction of sp³-hybridized carbons (Fsp3) is 0.944. The summed E-state index contributed by atoms with van der Waals surface area (Å²) in [5, 5.41) is 0. The second-order valence-corrected chi connectivity index (χ2v) is 8.76. The summed E-state index contributed by atoms with van der Waals surface area (Å²) in [6, 6.07) is 0. The highest BCUT2D eigenvalue weighted by Gasteiger charge is 2.47. The van der Waals surface area contributed by atoms with Gasteiger partial charge in [0.05, 0.1) is 13.2 Å². The fourth-order valence-corrected chi connectivity index (χ4v) is 4.88. The van der Waals surface area contributed by atoms with Crippen molar-refractivity contribution in [1.82, 2.24) is 4.90 Å². The minimum Gasteiger partial charge on any atom is -0.349 e. The molecule has 0 radical (unpaired) electrons. The normalized spacial score (nSPS) is 39.4. The summed E-state index contributed by atoms with van der Waals surface area (Å²) in [5.41, 5.74) is 0.112. The van der Waals surface area contributed by atoms with Crippen molar-refractivity contribution in [3.05, 3.63) is 0 Å². The van der Waals surface area contributed by atoms with Gasteiger partial charge in [0, 0.05) is 37.3 Å². The van der Waals surface area contributed by atoms with E-state index in [1.54, 1.807) is 0 Å². The highest BCUT2D eigenvalue weighted by atomic mass is 16.7. The number of likely N-dealkylation sites (tertiary alicyclic amines) is 1. The third kappa shape index (κ3) is 2.58. The standard InChI is InChI=1S/C18H29NO3/c1-17(2)11-21-18(22-12-17)5-7-19(8-6-18)16(20)15-10-13-3-4-14(15)9-13/h13-15H,3-12H2,1-2H3/t13-,14-,15+/m1/s1. The quantitative estimate of drug-likeness (QED) is 0.748. The van der Waals surface area contributed by atoms with Crippen LogP contribution in [0.25, 0.3) is 0 Å². The van der Waals surface area contributed by atoms with Gasteiger partial charge in [-0.3, -0.25) is 4.79 Å². The zero-order chi connectivity index (χ0) is 15.4. The molecule has 2 aliphatic carbocycles. The van der Waals surface area contributed by atoms with Crippen LogP contribution in [-0.4, -0.2) is 42.9 Å². The Kier molecular flexibility index (Phi) is 3.53. The van der Waals surface area contributed by atoms with Gasteiger partial charge in [0.25, 0.3) is 0 Å². The molecule has 4 nitrogen and oxygen atoms in total. The molecule has 2 bridgehead atoms. The lowest BCUT2D eigenvalue weighted by molar-refractivity contribution is -0.312. The summed E-state index contributed by atoms with van der Waals surface area (Å²) >= 11 is 0. The van der Waals surface area contributed by atoms with E-state index < -0.39 is 5.79 Å². The van der Waals surface area contributed by atoms with Crippen molar-refractivity contribution in [2.45, 2.75) is 58.2 Å². The first-order valence-corrected chi connectivity index (χ1v) is 9.03. The summed E-state index contributed by atoms with van der Waals surface area (Å²) in [7, 11) is 0. The number of carbonyl (C=O) groups excluding carboxylic acids is 1. The Balaban J connectivity index is 1.33. The van der Waals surface area contributed by atoms with Crippen molar-refractivity contribution in [2.75, 3.05) is 26.3 Å². The molecule has 22 heavy (non-hydrogen) atoms. The third-order valence-corrected chi connectivity index (χ3v) is 6.34. The highest BCUT2D eigenvalue weighted by Crippen LogP contribution is 2.49. The van der Waals surface area contributed by atoms with Crippen molar-refractivity contribution < 1.29 is 14.3 Å². The molecule has 0 aromatic heterocycles. The molecule has 2 heterocycles. The Hall–Kier alpha value is -0.610. The van der Waals surface area contributed by atoms with Crippen molar-refractivity contribution in [3.8, 4) is 0 Å². The summed E-state index contributed by atoms with van der Waals surface area (Å²) in [6.07, 6.45) is 6.74. The molecule has 124 valence electrons. The fourth-order valence-electron chi connectivity index (χ4n) is 4.88. The number of amides is 1. The average Bonchev–Trinajstić information content (AvgIpc) is 3.14. The van der Waals surface area contributed by atoms with Crippen LogP contribution in [0.4, 0.5) is 0 Å². The first kappa shape index (κ1) is 14.9. The Bertz CT molecular complexity index is 441. The molecule has 0 unspecified atom stereocenters. The van der Waals surface area contributed by atoms with Crippen LogP contribution in [0, 0.1) is 23.2 Å². The maximum atomic E-state index is 12.8. The predicted molar refractivity (Wildman–Crippen MR) is 83.2 cm³/mol. The lowest BCUT2D eigenvalue weighted by Gasteiger charge is -2.47. The molecule has 0 N–H and O–H groups in total. The van der Waals surface area contributed by atoms with E-state index in [-0.39, 0.29) is 5.41 Å².